The first-order valence-electron chi connectivity index (χ1n) is 8.49. The monoisotopic (exact) mass is 284 g/mol. The topological polar surface area (TPSA) is 35.5 Å². The molecule has 0 radical (unpaired) electrons. The molecule has 0 aromatic rings. The minimum Gasteiger partial charge on any atom is -0.389 e. The molecule has 0 aromatic heterocycles. The van der Waals surface area contributed by atoms with E-state index in [0.717, 1.165) is 26.2 Å². The predicted octanol–water partition coefficient (Wildman–Crippen LogP) is 3.03. The molecule has 0 aliphatic heterocycles. The van der Waals surface area contributed by atoms with Gasteiger partial charge in [-0.1, -0.05) is 32.6 Å². The lowest BCUT2D eigenvalue weighted by Crippen LogP contribution is -2.46. The Kier molecular flexibility index (Phi) is 7.49. The maximum Gasteiger partial charge on any atom is 0.0718 e. The van der Waals surface area contributed by atoms with E-state index >= 15 is 0 Å². The highest BCUT2D eigenvalue weighted by atomic mass is 16.3. The lowest BCUT2D eigenvalue weighted by atomic mass is 9.79. The molecule has 3 nitrogen and oxygen atoms in total. The Morgan fingerprint density at radius 2 is 1.75 bits per heavy atom. The summed E-state index contributed by atoms with van der Waals surface area (Å²) in [5, 5.41) is 13.7. The average molecular weight is 284 g/mol. The Labute approximate surface area is 126 Å². The summed E-state index contributed by atoms with van der Waals surface area (Å²) in [6.45, 7) is 10.1. The fourth-order valence-electron chi connectivity index (χ4n) is 3.69. The molecule has 2 N–H and O–H groups in total. The molecular formula is C17H36N2O. The summed E-state index contributed by atoms with van der Waals surface area (Å²) in [5.41, 5.74) is -0.191. The van der Waals surface area contributed by atoms with Gasteiger partial charge in [-0.2, -0.15) is 0 Å². The van der Waals surface area contributed by atoms with Crippen LogP contribution in [0.3, 0.4) is 0 Å². The Hall–Kier alpha value is -0.120. The van der Waals surface area contributed by atoms with Crippen LogP contribution in [0.5, 0.6) is 0 Å². The highest BCUT2D eigenvalue weighted by Gasteiger charge is 2.32. The Balaban J connectivity index is 2.60. The molecule has 1 aliphatic carbocycles. The second-order valence-electron chi connectivity index (χ2n) is 7.58. The van der Waals surface area contributed by atoms with Crippen LogP contribution in [0.15, 0.2) is 0 Å². The molecule has 120 valence electrons. The van der Waals surface area contributed by atoms with Crippen molar-refractivity contribution in [1.82, 2.24) is 10.2 Å². The predicted molar refractivity (Wildman–Crippen MR) is 87.1 cm³/mol. The first-order valence-corrected chi connectivity index (χ1v) is 8.49. The zero-order valence-electron chi connectivity index (χ0n) is 14.2. The van der Waals surface area contributed by atoms with Crippen LogP contribution >= 0.6 is 0 Å². The summed E-state index contributed by atoms with van der Waals surface area (Å²) >= 11 is 0. The molecule has 0 heterocycles. The molecule has 1 fully saturated rings. The number of hydrogen-bond donors (Lipinski definition) is 2. The summed E-state index contributed by atoms with van der Waals surface area (Å²) in [5.74, 6) is 0. The molecule has 1 rings (SSSR count). The average Bonchev–Trinajstić information content (AvgIpc) is 2.53. The third-order valence-corrected chi connectivity index (χ3v) is 4.35. The van der Waals surface area contributed by atoms with E-state index in [0.29, 0.717) is 5.41 Å². The summed E-state index contributed by atoms with van der Waals surface area (Å²) in [6, 6.07) is 0. The van der Waals surface area contributed by atoms with Crippen molar-refractivity contribution in [2.24, 2.45) is 5.41 Å². The minimum absolute atomic E-state index is 0.408. The smallest absolute Gasteiger partial charge is 0.0718 e. The van der Waals surface area contributed by atoms with E-state index in [1.54, 1.807) is 0 Å². The standard InChI is InChI=1S/C17H36N2O/c1-5-12-18-13-17(10-8-6-7-9-11-17)15-19(4)14-16(2,3)20/h18,20H,5-15H2,1-4H3. The summed E-state index contributed by atoms with van der Waals surface area (Å²) in [4.78, 5) is 2.33. The van der Waals surface area contributed by atoms with Gasteiger partial charge < -0.3 is 15.3 Å². The molecule has 0 aromatic carbocycles. The summed E-state index contributed by atoms with van der Waals surface area (Å²) < 4.78 is 0. The molecule has 20 heavy (non-hydrogen) atoms. The number of likely N-dealkylation sites (N-methyl/N-ethyl adjacent to an activating group) is 1. The van der Waals surface area contributed by atoms with E-state index < -0.39 is 5.60 Å². The number of hydrogen-bond acceptors (Lipinski definition) is 3. The van der Waals surface area contributed by atoms with Gasteiger partial charge in [0, 0.05) is 19.6 Å². The first kappa shape index (κ1) is 17.9. The van der Waals surface area contributed by atoms with E-state index in [1.165, 1.54) is 44.9 Å². The van der Waals surface area contributed by atoms with E-state index in [2.05, 4.69) is 24.2 Å². The van der Waals surface area contributed by atoms with Crippen LogP contribution in [0, 0.1) is 5.41 Å². The van der Waals surface area contributed by atoms with E-state index in [9.17, 15) is 5.11 Å². The molecule has 0 saturated heterocycles. The van der Waals surface area contributed by atoms with Crippen LogP contribution in [0.4, 0.5) is 0 Å². The van der Waals surface area contributed by atoms with Gasteiger partial charge in [0.15, 0.2) is 0 Å². The molecule has 0 bridgehead atoms. The molecule has 0 amide bonds. The highest BCUT2D eigenvalue weighted by molar-refractivity contribution is 4.87. The van der Waals surface area contributed by atoms with Gasteiger partial charge in [-0.25, -0.2) is 0 Å². The largest absolute Gasteiger partial charge is 0.389 e. The van der Waals surface area contributed by atoms with Gasteiger partial charge in [0.1, 0.15) is 0 Å². The minimum atomic E-state index is -0.600. The molecule has 1 saturated carbocycles. The molecule has 0 unspecified atom stereocenters. The number of rotatable bonds is 8. The maximum atomic E-state index is 10.0. The van der Waals surface area contributed by atoms with E-state index in [4.69, 9.17) is 0 Å². The molecule has 1 aliphatic rings. The molecule has 0 atom stereocenters. The van der Waals surface area contributed by atoms with Crippen LogP contribution in [0.25, 0.3) is 0 Å². The van der Waals surface area contributed by atoms with Gasteiger partial charge in [0.2, 0.25) is 0 Å². The van der Waals surface area contributed by atoms with E-state index in [1.807, 2.05) is 13.8 Å². The van der Waals surface area contributed by atoms with Crippen molar-refractivity contribution in [3.05, 3.63) is 0 Å². The van der Waals surface area contributed by atoms with Crippen molar-refractivity contribution >= 4 is 0 Å². The zero-order chi connectivity index (χ0) is 15.1. The van der Waals surface area contributed by atoms with Crippen molar-refractivity contribution in [3.8, 4) is 0 Å². The third-order valence-electron chi connectivity index (χ3n) is 4.35. The first-order chi connectivity index (χ1) is 9.37. The Morgan fingerprint density at radius 3 is 2.25 bits per heavy atom. The van der Waals surface area contributed by atoms with Crippen molar-refractivity contribution < 1.29 is 5.11 Å². The molecule has 0 spiro atoms. The van der Waals surface area contributed by atoms with Crippen LogP contribution in [-0.2, 0) is 0 Å². The van der Waals surface area contributed by atoms with Gasteiger partial charge in [-0.3, -0.25) is 0 Å². The van der Waals surface area contributed by atoms with Crippen LogP contribution in [0.1, 0.15) is 65.7 Å². The lowest BCUT2D eigenvalue weighted by Gasteiger charge is -2.38. The zero-order valence-corrected chi connectivity index (χ0v) is 14.2. The number of nitrogens with one attached hydrogen (secondary N) is 1. The van der Waals surface area contributed by atoms with Crippen LogP contribution in [-0.4, -0.2) is 48.8 Å². The SMILES string of the molecule is CCCNCC1(CN(C)CC(C)(C)O)CCCCCC1. The maximum absolute atomic E-state index is 10.0. The van der Waals surface area contributed by atoms with Crippen molar-refractivity contribution in [2.75, 3.05) is 33.2 Å². The van der Waals surface area contributed by atoms with Gasteiger partial charge in [-0.15, -0.1) is 0 Å². The summed E-state index contributed by atoms with van der Waals surface area (Å²) in [7, 11) is 2.16. The van der Waals surface area contributed by atoms with Crippen LogP contribution < -0.4 is 5.32 Å². The number of aliphatic hydroxyl groups is 1. The van der Waals surface area contributed by atoms with Gasteiger partial charge in [-0.05, 0) is 52.1 Å². The molecular weight excluding hydrogens is 248 g/mol. The highest BCUT2D eigenvalue weighted by Crippen LogP contribution is 2.35. The molecule has 3 heteroatoms. The van der Waals surface area contributed by atoms with Crippen molar-refractivity contribution in [3.63, 3.8) is 0 Å². The second-order valence-corrected chi connectivity index (χ2v) is 7.58. The normalized spacial score (nSPS) is 20.1. The van der Waals surface area contributed by atoms with Crippen molar-refractivity contribution in [2.45, 2.75) is 71.3 Å². The van der Waals surface area contributed by atoms with Gasteiger partial charge in [0.05, 0.1) is 5.60 Å². The summed E-state index contributed by atoms with van der Waals surface area (Å²) in [6.07, 6.45) is 9.39. The fraction of sp³-hybridized carbons (Fsp3) is 1.00. The van der Waals surface area contributed by atoms with Gasteiger partial charge >= 0.3 is 0 Å². The second kappa shape index (κ2) is 8.35. The fourth-order valence-corrected chi connectivity index (χ4v) is 3.69. The Bertz CT molecular complexity index is 252. The quantitative estimate of drug-likeness (QED) is 0.531. The van der Waals surface area contributed by atoms with Crippen molar-refractivity contribution in [1.29, 1.82) is 0 Å². The van der Waals surface area contributed by atoms with E-state index in [-0.39, 0.29) is 0 Å². The lowest BCUT2D eigenvalue weighted by molar-refractivity contribution is 0.0272. The van der Waals surface area contributed by atoms with Gasteiger partial charge in [0.25, 0.3) is 0 Å². The third kappa shape index (κ3) is 7.05. The van der Waals surface area contributed by atoms with Crippen LogP contribution in [0.2, 0.25) is 0 Å². The Morgan fingerprint density at radius 1 is 1.15 bits per heavy atom. The number of nitrogens with zero attached hydrogens (tertiary/aromatic N) is 1.